The standard InChI is InChI=1S/C17H18N4O8S/c1-11(17(22)18-15-10-14(21(25)26)7-8-16(15)29-2)19(30(3,27)28)12-5-4-6-13(9-12)20(23)24/h4-11H,1-3H3,(H,18,22)/t11-/m1/s1. The molecule has 2 aromatic carbocycles. The van der Waals surface area contributed by atoms with Crippen LogP contribution in [0.15, 0.2) is 42.5 Å². The predicted molar refractivity (Wildman–Crippen MR) is 108 cm³/mol. The number of non-ortho nitro benzene ring substituents is 2. The van der Waals surface area contributed by atoms with Crippen molar-refractivity contribution in [1.82, 2.24) is 0 Å². The molecular weight excluding hydrogens is 420 g/mol. The van der Waals surface area contributed by atoms with Gasteiger partial charge in [0.2, 0.25) is 15.9 Å². The number of ether oxygens (including phenoxy) is 1. The normalized spacial score (nSPS) is 12.0. The Morgan fingerprint density at radius 2 is 1.70 bits per heavy atom. The monoisotopic (exact) mass is 438 g/mol. The highest BCUT2D eigenvalue weighted by atomic mass is 32.2. The molecule has 1 N–H and O–H groups in total. The van der Waals surface area contributed by atoms with E-state index >= 15 is 0 Å². The van der Waals surface area contributed by atoms with Gasteiger partial charge in [-0.2, -0.15) is 0 Å². The second kappa shape index (κ2) is 8.73. The van der Waals surface area contributed by atoms with Gasteiger partial charge in [0.25, 0.3) is 11.4 Å². The number of sulfonamides is 1. The maximum atomic E-state index is 12.8. The lowest BCUT2D eigenvalue weighted by Crippen LogP contribution is -2.45. The third-order valence-electron chi connectivity index (χ3n) is 4.04. The second-order valence-electron chi connectivity index (χ2n) is 6.14. The summed E-state index contributed by atoms with van der Waals surface area (Å²) in [4.78, 5) is 33.4. The molecule has 1 atom stereocenters. The van der Waals surface area contributed by atoms with Crippen molar-refractivity contribution in [2.24, 2.45) is 0 Å². The number of rotatable bonds is 8. The van der Waals surface area contributed by atoms with E-state index in [2.05, 4.69) is 5.32 Å². The molecule has 0 radical (unpaired) electrons. The Hall–Kier alpha value is -3.74. The van der Waals surface area contributed by atoms with E-state index < -0.39 is 31.8 Å². The number of carbonyl (C=O) groups excluding carboxylic acids is 1. The van der Waals surface area contributed by atoms with Crippen LogP contribution in [0, 0.1) is 20.2 Å². The van der Waals surface area contributed by atoms with Crippen LogP contribution in [0.1, 0.15) is 6.92 Å². The molecule has 0 fully saturated rings. The fraction of sp³-hybridized carbons (Fsp3) is 0.235. The fourth-order valence-corrected chi connectivity index (χ4v) is 3.86. The van der Waals surface area contributed by atoms with E-state index in [4.69, 9.17) is 4.74 Å². The smallest absolute Gasteiger partial charge is 0.271 e. The number of hydrogen-bond donors (Lipinski definition) is 1. The minimum Gasteiger partial charge on any atom is -0.495 e. The molecule has 160 valence electrons. The summed E-state index contributed by atoms with van der Waals surface area (Å²) in [7, 11) is -2.73. The zero-order chi connectivity index (χ0) is 22.6. The van der Waals surface area contributed by atoms with Gasteiger partial charge in [-0.1, -0.05) is 6.07 Å². The topological polar surface area (TPSA) is 162 Å². The molecule has 0 aliphatic rings. The molecule has 13 heteroatoms. The summed E-state index contributed by atoms with van der Waals surface area (Å²) in [6, 6.07) is 7.01. The molecule has 2 rings (SSSR count). The van der Waals surface area contributed by atoms with Gasteiger partial charge in [-0.15, -0.1) is 0 Å². The van der Waals surface area contributed by atoms with Crippen LogP contribution in [0.25, 0.3) is 0 Å². The van der Waals surface area contributed by atoms with Crippen molar-refractivity contribution in [3.05, 3.63) is 62.7 Å². The van der Waals surface area contributed by atoms with Crippen molar-refractivity contribution in [3.63, 3.8) is 0 Å². The van der Waals surface area contributed by atoms with E-state index in [1.54, 1.807) is 0 Å². The maximum absolute atomic E-state index is 12.8. The minimum absolute atomic E-state index is 0.0314. The molecule has 0 aliphatic heterocycles. The lowest BCUT2D eigenvalue weighted by Gasteiger charge is -2.28. The third-order valence-corrected chi connectivity index (χ3v) is 5.28. The molecule has 2 aromatic rings. The van der Waals surface area contributed by atoms with Crippen molar-refractivity contribution in [2.75, 3.05) is 23.0 Å². The molecule has 0 aliphatic carbocycles. The molecule has 1 amide bonds. The second-order valence-corrected chi connectivity index (χ2v) is 8.00. The molecule has 30 heavy (non-hydrogen) atoms. The zero-order valence-corrected chi connectivity index (χ0v) is 17.0. The van der Waals surface area contributed by atoms with Crippen molar-refractivity contribution >= 4 is 38.7 Å². The van der Waals surface area contributed by atoms with Gasteiger partial charge in [-0.05, 0) is 19.1 Å². The quantitative estimate of drug-likeness (QED) is 0.485. The first-order chi connectivity index (χ1) is 14.0. The Bertz CT molecular complexity index is 1100. The summed E-state index contributed by atoms with van der Waals surface area (Å²) in [5.74, 6) is -0.701. The van der Waals surface area contributed by atoms with E-state index in [1.807, 2.05) is 0 Å². The first-order valence-corrected chi connectivity index (χ1v) is 10.2. The van der Waals surface area contributed by atoms with Crippen LogP contribution in [0.3, 0.4) is 0 Å². The minimum atomic E-state index is -4.02. The lowest BCUT2D eigenvalue weighted by atomic mass is 10.2. The van der Waals surface area contributed by atoms with Crippen LogP contribution in [-0.4, -0.2) is 43.6 Å². The van der Waals surface area contributed by atoms with Crippen LogP contribution in [0.4, 0.5) is 22.7 Å². The molecular formula is C17H18N4O8S. The fourth-order valence-electron chi connectivity index (χ4n) is 2.70. The first-order valence-electron chi connectivity index (χ1n) is 8.33. The Kier molecular flexibility index (Phi) is 6.56. The van der Waals surface area contributed by atoms with E-state index in [0.717, 1.165) is 22.7 Å². The number of nitro benzene ring substituents is 2. The summed E-state index contributed by atoms with van der Waals surface area (Å²) in [6.07, 6.45) is 0.851. The van der Waals surface area contributed by atoms with Crippen LogP contribution in [0.5, 0.6) is 5.75 Å². The van der Waals surface area contributed by atoms with Crippen LogP contribution >= 0.6 is 0 Å². The first kappa shape index (κ1) is 22.5. The van der Waals surface area contributed by atoms with Gasteiger partial charge in [-0.25, -0.2) is 8.42 Å². The molecule has 0 saturated carbocycles. The van der Waals surface area contributed by atoms with Crippen molar-refractivity contribution in [3.8, 4) is 5.75 Å². The van der Waals surface area contributed by atoms with Crippen LogP contribution in [-0.2, 0) is 14.8 Å². The Morgan fingerprint density at radius 1 is 1.10 bits per heavy atom. The van der Waals surface area contributed by atoms with Gasteiger partial charge in [0.1, 0.15) is 11.8 Å². The molecule has 0 saturated heterocycles. The van der Waals surface area contributed by atoms with Crippen LogP contribution < -0.4 is 14.4 Å². The number of methoxy groups -OCH3 is 1. The number of hydrogen-bond acceptors (Lipinski definition) is 8. The highest BCUT2D eigenvalue weighted by molar-refractivity contribution is 7.92. The number of nitrogens with zero attached hydrogens (tertiary/aromatic N) is 3. The molecule has 0 unspecified atom stereocenters. The van der Waals surface area contributed by atoms with Gasteiger partial charge in [0, 0.05) is 24.3 Å². The summed E-state index contributed by atoms with van der Waals surface area (Å²) in [5.41, 5.74) is -0.775. The van der Waals surface area contributed by atoms with Crippen molar-refractivity contribution < 1.29 is 27.8 Å². The Balaban J connectivity index is 2.43. The Morgan fingerprint density at radius 3 is 2.23 bits per heavy atom. The number of carbonyl (C=O) groups is 1. The highest BCUT2D eigenvalue weighted by Crippen LogP contribution is 2.30. The van der Waals surface area contributed by atoms with E-state index in [0.29, 0.717) is 0 Å². The number of benzene rings is 2. The Labute approximate surface area is 171 Å². The molecule has 0 heterocycles. The summed E-state index contributed by atoms with van der Waals surface area (Å²) >= 11 is 0. The molecule has 0 bridgehead atoms. The van der Waals surface area contributed by atoms with Crippen LogP contribution in [0.2, 0.25) is 0 Å². The van der Waals surface area contributed by atoms with E-state index in [-0.39, 0.29) is 28.5 Å². The third kappa shape index (κ3) is 5.00. The van der Waals surface area contributed by atoms with E-state index in [1.165, 1.54) is 44.4 Å². The van der Waals surface area contributed by atoms with Gasteiger partial charge in [-0.3, -0.25) is 29.3 Å². The summed E-state index contributed by atoms with van der Waals surface area (Å²) < 4.78 is 30.5. The zero-order valence-electron chi connectivity index (χ0n) is 16.1. The van der Waals surface area contributed by atoms with Crippen molar-refractivity contribution in [1.29, 1.82) is 0 Å². The SMILES string of the molecule is COc1ccc([N+](=O)[O-])cc1NC(=O)[C@@H](C)N(c1cccc([N+](=O)[O-])c1)S(C)(=O)=O. The number of nitrogens with one attached hydrogen (secondary N) is 1. The van der Waals surface area contributed by atoms with Gasteiger partial charge in [0.05, 0.1) is 34.6 Å². The predicted octanol–water partition coefficient (Wildman–Crippen LogP) is 2.30. The van der Waals surface area contributed by atoms with Gasteiger partial charge >= 0.3 is 0 Å². The van der Waals surface area contributed by atoms with E-state index in [9.17, 15) is 33.4 Å². The summed E-state index contributed by atoms with van der Waals surface area (Å²) in [6.45, 7) is 1.28. The average molecular weight is 438 g/mol. The van der Waals surface area contributed by atoms with Gasteiger partial charge in [0.15, 0.2) is 0 Å². The molecule has 0 spiro atoms. The number of anilines is 2. The number of amides is 1. The molecule has 12 nitrogen and oxygen atoms in total. The van der Waals surface area contributed by atoms with Gasteiger partial charge < -0.3 is 10.1 Å². The average Bonchev–Trinajstić information content (AvgIpc) is 2.67. The number of nitro groups is 2. The lowest BCUT2D eigenvalue weighted by molar-refractivity contribution is -0.385. The van der Waals surface area contributed by atoms with Crippen molar-refractivity contribution in [2.45, 2.75) is 13.0 Å². The highest BCUT2D eigenvalue weighted by Gasteiger charge is 2.30. The maximum Gasteiger partial charge on any atom is 0.271 e. The molecule has 0 aromatic heterocycles. The largest absolute Gasteiger partial charge is 0.495 e. The summed E-state index contributed by atoms with van der Waals surface area (Å²) in [5, 5.41) is 24.4.